The quantitative estimate of drug-likeness (QED) is 0.533. The number of likely N-dealkylation sites (N-methyl/N-ethyl adjacent to an activating group) is 1. The Morgan fingerprint density at radius 1 is 1.41 bits per heavy atom. The maximum atomic E-state index is 11.1. The minimum atomic E-state index is -0.243. The van der Waals surface area contributed by atoms with E-state index in [0.717, 1.165) is 32.7 Å². The third kappa shape index (κ3) is 4.88. The summed E-state index contributed by atoms with van der Waals surface area (Å²) in [5.41, 5.74) is 0. The topological polar surface area (TPSA) is 32.8 Å². The molecular formula is C13H24N2O2. The molecule has 0 bridgehead atoms. The number of hydrogen-bond acceptors (Lipinski definition) is 4. The van der Waals surface area contributed by atoms with Crippen LogP contribution in [0.2, 0.25) is 0 Å². The van der Waals surface area contributed by atoms with Gasteiger partial charge in [0.15, 0.2) is 0 Å². The summed E-state index contributed by atoms with van der Waals surface area (Å²) < 4.78 is 4.83. The zero-order chi connectivity index (χ0) is 12.7. The fourth-order valence-electron chi connectivity index (χ4n) is 2.19. The fourth-order valence-corrected chi connectivity index (χ4v) is 2.19. The molecule has 0 spiro atoms. The molecular weight excluding hydrogens is 216 g/mol. The molecule has 98 valence electrons. The average molecular weight is 240 g/mol. The first-order valence-corrected chi connectivity index (χ1v) is 6.47. The van der Waals surface area contributed by atoms with Gasteiger partial charge in [-0.1, -0.05) is 13.0 Å². The summed E-state index contributed by atoms with van der Waals surface area (Å²) in [6.45, 7) is 11.9. The molecule has 1 atom stereocenters. The Morgan fingerprint density at radius 3 is 2.76 bits per heavy atom. The lowest BCUT2D eigenvalue weighted by atomic mass is 10.2. The number of hydrogen-bond donors (Lipinski definition) is 0. The maximum absolute atomic E-state index is 11.1. The fraction of sp³-hybridized carbons (Fsp3) is 0.769. The molecule has 1 aliphatic heterocycles. The second-order valence-corrected chi connectivity index (χ2v) is 4.39. The smallest absolute Gasteiger partial charge is 0.330 e. The number of rotatable bonds is 5. The zero-order valence-electron chi connectivity index (χ0n) is 11.2. The van der Waals surface area contributed by atoms with E-state index in [9.17, 15) is 4.79 Å². The van der Waals surface area contributed by atoms with E-state index in [4.69, 9.17) is 4.74 Å². The van der Waals surface area contributed by atoms with Gasteiger partial charge < -0.3 is 4.74 Å². The van der Waals surface area contributed by atoms with Crippen molar-refractivity contribution in [1.29, 1.82) is 0 Å². The molecule has 0 aromatic rings. The highest BCUT2D eigenvalue weighted by Gasteiger charge is 2.21. The highest BCUT2D eigenvalue weighted by atomic mass is 16.5. The number of piperazine rings is 1. The molecule has 4 nitrogen and oxygen atoms in total. The molecule has 0 radical (unpaired) electrons. The van der Waals surface area contributed by atoms with Gasteiger partial charge in [-0.25, -0.2) is 4.79 Å². The van der Waals surface area contributed by atoms with Gasteiger partial charge in [0, 0.05) is 38.3 Å². The normalized spacial score (nSPS) is 23.1. The molecule has 17 heavy (non-hydrogen) atoms. The Labute approximate surface area is 104 Å². The van der Waals surface area contributed by atoms with Gasteiger partial charge in [-0.2, -0.15) is 0 Å². The van der Waals surface area contributed by atoms with Gasteiger partial charge >= 0.3 is 5.97 Å². The van der Waals surface area contributed by atoms with Crippen LogP contribution in [0.15, 0.2) is 12.2 Å². The molecule has 0 saturated carbocycles. The van der Waals surface area contributed by atoms with Gasteiger partial charge in [0.05, 0.1) is 6.61 Å². The lowest BCUT2D eigenvalue weighted by Gasteiger charge is -2.38. The van der Waals surface area contributed by atoms with Crippen molar-refractivity contribution in [3.8, 4) is 0 Å². The Balaban J connectivity index is 2.27. The zero-order valence-corrected chi connectivity index (χ0v) is 11.2. The predicted molar refractivity (Wildman–Crippen MR) is 68.9 cm³/mol. The van der Waals surface area contributed by atoms with Gasteiger partial charge in [-0.15, -0.1) is 0 Å². The maximum Gasteiger partial charge on any atom is 0.330 e. The lowest BCUT2D eigenvalue weighted by Crippen LogP contribution is -2.51. The van der Waals surface area contributed by atoms with E-state index >= 15 is 0 Å². The second kappa shape index (κ2) is 7.45. The van der Waals surface area contributed by atoms with Crippen LogP contribution in [0, 0.1) is 0 Å². The SMILES string of the molecule is CCOC(=O)/C=C/CN1CCN(CC)C(C)C1. The molecule has 0 N–H and O–H groups in total. The molecule has 0 aromatic heterocycles. The van der Waals surface area contributed by atoms with Crippen LogP contribution in [0.1, 0.15) is 20.8 Å². The van der Waals surface area contributed by atoms with Crippen molar-refractivity contribution in [1.82, 2.24) is 9.80 Å². The summed E-state index contributed by atoms with van der Waals surface area (Å²) in [7, 11) is 0. The van der Waals surface area contributed by atoms with Crippen molar-refractivity contribution in [3.05, 3.63) is 12.2 Å². The van der Waals surface area contributed by atoms with Gasteiger partial charge in [0.1, 0.15) is 0 Å². The molecule has 1 unspecified atom stereocenters. The number of ether oxygens (including phenoxy) is 1. The van der Waals surface area contributed by atoms with Crippen molar-refractivity contribution in [2.24, 2.45) is 0 Å². The lowest BCUT2D eigenvalue weighted by molar-refractivity contribution is -0.137. The van der Waals surface area contributed by atoms with Crippen LogP contribution in [-0.2, 0) is 9.53 Å². The molecule has 1 heterocycles. The van der Waals surface area contributed by atoms with E-state index in [-0.39, 0.29) is 5.97 Å². The van der Waals surface area contributed by atoms with Crippen LogP contribution in [0.4, 0.5) is 0 Å². The van der Waals surface area contributed by atoms with Crippen molar-refractivity contribution >= 4 is 5.97 Å². The highest BCUT2D eigenvalue weighted by molar-refractivity contribution is 5.81. The molecule has 0 amide bonds. The van der Waals surface area contributed by atoms with Crippen LogP contribution in [0.3, 0.4) is 0 Å². The molecule has 1 saturated heterocycles. The number of carbonyl (C=O) groups is 1. The number of carbonyl (C=O) groups excluding carboxylic acids is 1. The third-order valence-electron chi connectivity index (χ3n) is 3.16. The van der Waals surface area contributed by atoms with Crippen LogP contribution < -0.4 is 0 Å². The molecule has 1 rings (SSSR count). The van der Waals surface area contributed by atoms with Crippen LogP contribution in [0.5, 0.6) is 0 Å². The van der Waals surface area contributed by atoms with Crippen molar-refractivity contribution < 1.29 is 9.53 Å². The number of esters is 1. The first-order valence-electron chi connectivity index (χ1n) is 6.47. The van der Waals surface area contributed by atoms with Crippen LogP contribution in [-0.4, -0.2) is 61.1 Å². The Hall–Kier alpha value is -0.870. The van der Waals surface area contributed by atoms with Gasteiger partial charge in [0.2, 0.25) is 0 Å². The molecule has 0 aromatic carbocycles. The minimum absolute atomic E-state index is 0.243. The first-order chi connectivity index (χ1) is 8.17. The second-order valence-electron chi connectivity index (χ2n) is 4.39. The van der Waals surface area contributed by atoms with Gasteiger partial charge in [0.25, 0.3) is 0 Å². The summed E-state index contributed by atoms with van der Waals surface area (Å²) in [5.74, 6) is -0.243. The summed E-state index contributed by atoms with van der Waals surface area (Å²) in [4.78, 5) is 16.0. The largest absolute Gasteiger partial charge is 0.463 e. The summed E-state index contributed by atoms with van der Waals surface area (Å²) >= 11 is 0. The predicted octanol–water partition coefficient (Wildman–Crippen LogP) is 1.13. The van der Waals surface area contributed by atoms with Crippen molar-refractivity contribution in [2.45, 2.75) is 26.8 Å². The molecule has 1 fully saturated rings. The van der Waals surface area contributed by atoms with E-state index in [1.165, 1.54) is 6.08 Å². The Kier molecular flexibility index (Phi) is 6.22. The summed E-state index contributed by atoms with van der Waals surface area (Å²) in [6, 6.07) is 0.602. The van der Waals surface area contributed by atoms with Crippen molar-refractivity contribution in [2.75, 3.05) is 39.3 Å². The number of nitrogens with zero attached hydrogens (tertiary/aromatic N) is 2. The van der Waals surface area contributed by atoms with Crippen molar-refractivity contribution in [3.63, 3.8) is 0 Å². The summed E-state index contributed by atoms with van der Waals surface area (Å²) in [5, 5.41) is 0. The van der Waals surface area contributed by atoms with Crippen LogP contribution >= 0.6 is 0 Å². The van der Waals surface area contributed by atoms with Crippen LogP contribution in [0.25, 0.3) is 0 Å². The highest BCUT2D eigenvalue weighted by Crippen LogP contribution is 2.08. The Bertz CT molecular complexity index is 266. The third-order valence-corrected chi connectivity index (χ3v) is 3.16. The molecule has 0 aliphatic carbocycles. The van der Waals surface area contributed by atoms with Gasteiger partial charge in [-0.3, -0.25) is 9.80 Å². The van der Waals surface area contributed by atoms with E-state index in [2.05, 4.69) is 23.6 Å². The summed E-state index contributed by atoms with van der Waals surface area (Å²) in [6.07, 6.45) is 3.42. The Morgan fingerprint density at radius 2 is 2.18 bits per heavy atom. The minimum Gasteiger partial charge on any atom is -0.463 e. The van der Waals surface area contributed by atoms with E-state index in [1.54, 1.807) is 0 Å². The molecule has 1 aliphatic rings. The average Bonchev–Trinajstić information content (AvgIpc) is 2.29. The first kappa shape index (κ1) is 14.2. The monoisotopic (exact) mass is 240 g/mol. The van der Waals surface area contributed by atoms with E-state index in [0.29, 0.717) is 12.6 Å². The van der Waals surface area contributed by atoms with E-state index < -0.39 is 0 Å². The van der Waals surface area contributed by atoms with Gasteiger partial charge in [-0.05, 0) is 20.4 Å². The standard InChI is InChI=1S/C13H24N2O2/c1-4-15-10-9-14(11-12(15)3)8-6-7-13(16)17-5-2/h6-7,12H,4-5,8-11H2,1-3H3/b7-6+. The van der Waals surface area contributed by atoms with E-state index in [1.807, 2.05) is 13.0 Å². The molecule has 4 heteroatoms.